The molecule has 2 amide bonds. The second kappa shape index (κ2) is 6.04. The van der Waals surface area contributed by atoms with Crippen molar-refractivity contribution in [2.75, 3.05) is 0 Å². The summed E-state index contributed by atoms with van der Waals surface area (Å²) < 4.78 is 5.27. The van der Waals surface area contributed by atoms with Crippen molar-refractivity contribution in [3.05, 3.63) is 17.3 Å². The Morgan fingerprint density at radius 2 is 2.11 bits per heavy atom. The second-order valence-corrected chi connectivity index (χ2v) is 3.88. The quantitative estimate of drug-likeness (QED) is 0.726. The van der Waals surface area contributed by atoms with Crippen LogP contribution in [0.1, 0.15) is 30.7 Å². The number of hydrogen-bond donors (Lipinski definition) is 3. The molecule has 0 radical (unpaired) electrons. The summed E-state index contributed by atoms with van der Waals surface area (Å²) in [5.41, 5.74) is 0.768. The molecule has 0 bridgehead atoms. The molecule has 7 nitrogen and oxygen atoms in total. The van der Waals surface area contributed by atoms with E-state index in [-0.39, 0.29) is 6.54 Å². The molecule has 0 aliphatic carbocycles. The first-order valence-corrected chi connectivity index (χ1v) is 5.64. The zero-order chi connectivity index (χ0) is 13.7. The SMILES string of the molecule is CCC(NC(=O)NCc1nc(C)c(C)o1)C(=O)O. The molecule has 1 heterocycles. The van der Waals surface area contributed by atoms with Crippen LogP contribution < -0.4 is 10.6 Å². The summed E-state index contributed by atoms with van der Waals surface area (Å²) in [7, 11) is 0. The molecule has 1 aromatic rings. The summed E-state index contributed by atoms with van der Waals surface area (Å²) in [5, 5.41) is 13.6. The van der Waals surface area contributed by atoms with E-state index in [1.54, 1.807) is 20.8 Å². The lowest BCUT2D eigenvalue weighted by atomic mass is 10.2. The maximum absolute atomic E-state index is 11.4. The molecule has 1 aromatic heterocycles. The predicted octanol–water partition coefficient (Wildman–Crippen LogP) is 0.954. The number of aromatic nitrogens is 1. The summed E-state index contributed by atoms with van der Waals surface area (Å²) >= 11 is 0. The van der Waals surface area contributed by atoms with Crippen LogP contribution in [0.3, 0.4) is 0 Å². The van der Waals surface area contributed by atoms with Crippen LogP contribution in [0.2, 0.25) is 0 Å². The molecule has 0 aliphatic heterocycles. The van der Waals surface area contributed by atoms with Crippen molar-refractivity contribution in [3.63, 3.8) is 0 Å². The lowest BCUT2D eigenvalue weighted by Gasteiger charge is -2.12. The molecule has 0 fully saturated rings. The van der Waals surface area contributed by atoms with Crippen LogP contribution in [-0.4, -0.2) is 28.1 Å². The minimum atomic E-state index is -1.06. The van der Waals surface area contributed by atoms with Crippen molar-refractivity contribution in [1.29, 1.82) is 0 Å². The van der Waals surface area contributed by atoms with Gasteiger partial charge in [-0.1, -0.05) is 6.92 Å². The molecule has 0 saturated heterocycles. The number of nitrogens with zero attached hydrogens (tertiary/aromatic N) is 1. The minimum Gasteiger partial charge on any atom is -0.480 e. The van der Waals surface area contributed by atoms with Gasteiger partial charge < -0.3 is 20.2 Å². The third-order valence-electron chi connectivity index (χ3n) is 2.48. The van der Waals surface area contributed by atoms with Gasteiger partial charge in [-0.05, 0) is 20.3 Å². The molecule has 18 heavy (non-hydrogen) atoms. The monoisotopic (exact) mass is 255 g/mol. The standard InChI is InChI=1S/C11H17N3O4/c1-4-8(10(15)16)14-11(17)12-5-9-13-6(2)7(3)18-9/h8H,4-5H2,1-3H3,(H,15,16)(H2,12,14,17). The van der Waals surface area contributed by atoms with E-state index in [0.29, 0.717) is 18.1 Å². The highest BCUT2D eigenvalue weighted by molar-refractivity contribution is 5.82. The van der Waals surface area contributed by atoms with Gasteiger partial charge in [-0.2, -0.15) is 0 Å². The summed E-state index contributed by atoms with van der Waals surface area (Å²) in [6.45, 7) is 5.39. The fourth-order valence-corrected chi connectivity index (χ4v) is 1.32. The Kier molecular flexibility index (Phi) is 4.70. The second-order valence-electron chi connectivity index (χ2n) is 3.88. The lowest BCUT2D eigenvalue weighted by molar-refractivity contribution is -0.139. The number of oxazole rings is 1. The van der Waals surface area contributed by atoms with E-state index in [1.807, 2.05) is 0 Å². The summed E-state index contributed by atoms with van der Waals surface area (Å²) in [4.78, 5) is 26.2. The topological polar surface area (TPSA) is 104 Å². The average molecular weight is 255 g/mol. The summed E-state index contributed by atoms with van der Waals surface area (Å²) in [5.74, 6) is 0.0307. The van der Waals surface area contributed by atoms with E-state index < -0.39 is 18.0 Å². The van der Waals surface area contributed by atoms with E-state index in [9.17, 15) is 9.59 Å². The van der Waals surface area contributed by atoms with Gasteiger partial charge in [0.15, 0.2) is 0 Å². The van der Waals surface area contributed by atoms with Gasteiger partial charge in [-0.15, -0.1) is 0 Å². The highest BCUT2D eigenvalue weighted by Crippen LogP contribution is 2.07. The number of rotatable bonds is 5. The Bertz CT molecular complexity index is 422. The van der Waals surface area contributed by atoms with Crippen molar-refractivity contribution in [1.82, 2.24) is 15.6 Å². The fourth-order valence-electron chi connectivity index (χ4n) is 1.32. The molecule has 0 saturated carbocycles. The number of aliphatic carboxylic acids is 1. The summed E-state index contributed by atoms with van der Waals surface area (Å²) in [6.07, 6.45) is 0.319. The maximum Gasteiger partial charge on any atom is 0.326 e. The Morgan fingerprint density at radius 3 is 2.56 bits per heavy atom. The van der Waals surface area contributed by atoms with Crippen LogP contribution in [0, 0.1) is 13.8 Å². The van der Waals surface area contributed by atoms with Crippen LogP contribution in [0.5, 0.6) is 0 Å². The Hall–Kier alpha value is -2.05. The number of hydrogen-bond acceptors (Lipinski definition) is 4. The normalized spacial score (nSPS) is 11.9. The van der Waals surface area contributed by atoms with E-state index in [4.69, 9.17) is 9.52 Å². The third kappa shape index (κ3) is 3.76. The van der Waals surface area contributed by atoms with Gasteiger partial charge in [-0.3, -0.25) is 0 Å². The van der Waals surface area contributed by atoms with Gasteiger partial charge in [0.05, 0.1) is 12.2 Å². The molecular formula is C11H17N3O4. The number of nitrogens with one attached hydrogen (secondary N) is 2. The van der Waals surface area contributed by atoms with Crippen LogP contribution in [0.15, 0.2) is 4.42 Å². The molecule has 1 atom stereocenters. The fraction of sp³-hybridized carbons (Fsp3) is 0.545. The number of carboxylic acids is 1. The van der Waals surface area contributed by atoms with E-state index >= 15 is 0 Å². The first-order valence-electron chi connectivity index (χ1n) is 5.64. The number of carbonyl (C=O) groups excluding carboxylic acids is 1. The van der Waals surface area contributed by atoms with Gasteiger partial charge in [0.2, 0.25) is 5.89 Å². The highest BCUT2D eigenvalue weighted by atomic mass is 16.4. The molecule has 1 rings (SSSR count). The van der Waals surface area contributed by atoms with Crippen molar-refractivity contribution in [3.8, 4) is 0 Å². The predicted molar refractivity (Wildman–Crippen MR) is 63.1 cm³/mol. The number of aryl methyl sites for hydroxylation is 2. The van der Waals surface area contributed by atoms with Crippen molar-refractivity contribution in [2.24, 2.45) is 0 Å². The van der Waals surface area contributed by atoms with E-state index in [0.717, 1.165) is 5.69 Å². The van der Waals surface area contributed by atoms with Crippen LogP contribution in [0.25, 0.3) is 0 Å². The zero-order valence-corrected chi connectivity index (χ0v) is 10.6. The van der Waals surface area contributed by atoms with Gasteiger partial charge in [0, 0.05) is 0 Å². The van der Waals surface area contributed by atoms with Crippen molar-refractivity contribution in [2.45, 2.75) is 39.8 Å². The Labute approximate surface area is 105 Å². The average Bonchev–Trinajstić information content (AvgIpc) is 2.63. The van der Waals surface area contributed by atoms with Gasteiger partial charge in [-0.25, -0.2) is 14.6 Å². The van der Waals surface area contributed by atoms with Crippen molar-refractivity contribution < 1.29 is 19.1 Å². The highest BCUT2D eigenvalue weighted by Gasteiger charge is 2.17. The molecular weight excluding hydrogens is 238 g/mol. The molecule has 7 heteroatoms. The number of carbonyl (C=O) groups is 2. The molecule has 3 N–H and O–H groups in total. The van der Waals surface area contributed by atoms with Crippen LogP contribution in [0.4, 0.5) is 4.79 Å². The van der Waals surface area contributed by atoms with Gasteiger partial charge in [0.1, 0.15) is 11.8 Å². The number of carboxylic acid groups (broad SMARTS) is 1. The number of urea groups is 1. The molecule has 1 unspecified atom stereocenters. The Balaban J connectivity index is 2.44. The largest absolute Gasteiger partial charge is 0.480 e. The maximum atomic E-state index is 11.4. The minimum absolute atomic E-state index is 0.122. The van der Waals surface area contributed by atoms with E-state index in [1.165, 1.54) is 0 Å². The van der Waals surface area contributed by atoms with Crippen molar-refractivity contribution >= 4 is 12.0 Å². The van der Waals surface area contributed by atoms with Crippen LogP contribution in [-0.2, 0) is 11.3 Å². The zero-order valence-electron chi connectivity index (χ0n) is 10.6. The van der Waals surface area contributed by atoms with Gasteiger partial charge >= 0.3 is 12.0 Å². The van der Waals surface area contributed by atoms with E-state index in [2.05, 4.69) is 15.6 Å². The first kappa shape index (κ1) is 14.0. The van der Waals surface area contributed by atoms with Gasteiger partial charge in [0.25, 0.3) is 0 Å². The van der Waals surface area contributed by atoms with Crippen LogP contribution >= 0.6 is 0 Å². The third-order valence-corrected chi connectivity index (χ3v) is 2.48. The lowest BCUT2D eigenvalue weighted by Crippen LogP contribution is -2.45. The first-order chi connectivity index (χ1) is 8.43. The molecule has 0 spiro atoms. The number of amides is 2. The molecule has 100 valence electrons. The molecule has 0 aromatic carbocycles. The molecule has 0 aliphatic rings. The smallest absolute Gasteiger partial charge is 0.326 e. The summed E-state index contributed by atoms with van der Waals surface area (Å²) in [6, 6.07) is -1.45. The Morgan fingerprint density at radius 1 is 1.44 bits per heavy atom.